The Morgan fingerprint density at radius 2 is 2.23 bits per heavy atom. The van der Waals surface area contributed by atoms with Gasteiger partial charge in [0.2, 0.25) is 0 Å². The highest BCUT2D eigenvalue weighted by atomic mass is 16.5. The van der Waals surface area contributed by atoms with Gasteiger partial charge in [-0.05, 0) is 37.1 Å². The summed E-state index contributed by atoms with van der Waals surface area (Å²) < 4.78 is 4.58. The van der Waals surface area contributed by atoms with E-state index in [0.717, 1.165) is 17.7 Å². The molecule has 0 bridgehead atoms. The molecule has 1 aromatic rings. The molecule has 0 aliphatic carbocycles. The first kappa shape index (κ1) is 17.6. The minimum Gasteiger partial charge on any atom is -0.466 e. The lowest BCUT2D eigenvalue weighted by atomic mass is 10.1. The number of benzene rings is 1. The van der Waals surface area contributed by atoms with E-state index in [0.29, 0.717) is 13.1 Å². The molecule has 1 aromatic carbocycles. The summed E-state index contributed by atoms with van der Waals surface area (Å²) in [5.41, 5.74) is 2.06. The maximum Gasteiger partial charge on any atom is 0.330 e. The Bertz CT molecular complexity index is 551. The maximum atomic E-state index is 11.1. The molecule has 0 heterocycles. The Hall–Kier alpha value is -2.43. The molecule has 0 radical (unpaired) electrons. The number of carbonyl (C=O) groups excluding carboxylic acids is 1. The van der Waals surface area contributed by atoms with Crippen LogP contribution in [0, 0.1) is 0 Å². The van der Waals surface area contributed by atoms with Gasteiger partial charge < -0.3 is 4.74 Å². The van der Waals surface area contributed by atoms with Crippen LogP contribution in [0.3, 0.4) is 0 Å². The van der Waals surface area contributed by atoms with Gasteiger partial charge in [0.25, 0.3) is 0 Å². The zero-order valence-electron chi connectivity index (χ0n) is 13.4. The Morgan fingerprint density at radius 3 is 2.91 bits per heavy atom. The molecule has 0 aliphatic heterocycles. The summed E-state index contributed by atoms with van der Waals surface area (Å²) in [6, 6.07) is 7.94. The topological polar surface area (TPSA) is 54.3 Å². The van der Waals surface area contributed by atoms with Crippen molar-refractivity contribution in [2.45, 2.75) is 20.4 Å². The van der Waals surface area contributed by atoms with E-state index in [9.17, 15) is 4.79 Å². The van der Waals surface area contributed by atoms with Crippen LogP contribution in [0.5, 0.6) is 0 Å². The van der Waals surface area contributed by atoms with Gasteiger partial charge in [0, 0.05) is 12.6 Å². The van der Waals surface area contributed by atoms with Crippen LogP contribution in [0.15, 0.2) is 52.8 Å². The molecule has 1 rings (SSSR count). The van der Waals surface area contributed by atoms with Crippen LogP contribution in [-0.2, 0) is 16.1 Å². The van der Waals surface area contributed by atoms with E-state index in [1.54, 1.807) is 6.08 Å². The van der Waals surface area contributed by atoms with Crippen molar-refractivity contribution in [2.24, 2.45) is 10.3 Å². The number of rotatable bonds is 8. The molecule has 0 spiro atoms. The standard InChI is InChI=1S/C17H23N3O2/c1-4-6-12-18-19-20(5-2)14-16-9-7-8-15(13-16)10-11-17(21)22-3/h4,6-11,13H,5,12,14H2,1-3H3/b6-4+,11-10+,19-18?. The molecule has 0 fully saturated rings. The van der Waals surface area contributed by atoms with Gasteiger partial charge in [-0.1, -0.05) is 35.6 Å². The van der Waals surface area contributed by atoms with Gasteiger partial charge in [-0.25, -0.2) is 4.79 Å². The predicted octanol–water partition coefficient (Wildman–Crippen LogP) is 3.64. The van der Waals surface area contributed by atoms with Crippen LogP contribution in [0.4, 0.5) is 0 Å². The van der Waals surface area contributed by atoms with E-state index >= 15 is 0 Å². The lowest BCUT2D eigenvalue weighted by Gasteiger charge is -2.15. The predicted molar refractivity (Wildman–Crippen MR) is 88.1 cm³/mol. The zero-order valence-corrected chi connectivity index (χ0v) is 13.4. The highest BCUT2D eigenvalue weighted by Gasteiger charge is 2.01. The van der Waals surface area contributed by atoms with Crippen LogP contribution < -0.4 is 0 Å². The number of hydrogen-bond donors (Lipinski definition) is 0. The van der Waals surface area contributed by atoms with Crippen LogP contribution >= 0.6 is 0 Å². The maximum absolute atomic E-state index is 11.1. The summed E-state index contributed by atoms with van der Waals surface area (Å²) in [6.45, 7) is 6.04. The smallest absolute Gasteiger partial charge is 0.330 e. The molecule has 0 saturated carbocycles. The minimum absolute atomic E-state index is 0.363. The molecule has 22 heavy (non-hydrogen) atoms. The number of allylic oxidation sites excluding steroid dienone is 1. The molecular formula is C17H23N3O2. The molecular weight excluding hydrogens is 278 g/mol. The minimum atomic E-state index is -0.363. The molecule has 0 unspecified atom stereocenters. The molecule has 5 heteroatoms. The van der Waals surface area contributed by atoms with Crippen LogP contribution in [-0.4, -0.2) is 31.2 Å². The van der Waals surface area contributed by atoms with Crippen molar-refractivity contribution >= 4 is 12.0 Å². The normalized spacial score (nSPS) is 11.6. The van der Waals surface area contributed by atoms with Crippen molar-refractivity contribution in [1.29, 1.82) is 0 Å². The quantitative estimate of drug-likeness (QED) is 0.242. The van der Waals surface area contributed by atoms with Crippen LogP contribution in [0.25, 0.3) is 6.08 Å². The first-order valence-electron chi connectivity index (χ1n) is 7.28. The van der Waals surface area contributed by atoms with Gasteiger partial charge in [-0.2, -0.15) is 5.11 Å². The van der Waals surface area contributed by atoms with E-state index in [1.165, 1.54) is 13.2 Å². The summed E-state index contributed by atoms with van der Waals surface area (Å²) in [5, 5.41) is 10.2. The van der Waals surface area contributed by atoms with E-state index in [2.05, 4.69) is 15.1 Å². The molecule has 5 nitrogen and oxygen atoms in total. The average molecular weight is 301 g/mol. The molecule has 0 amide bonds. The van der Waals surface area contributed by atoms with Crippen molar-refractivity contribution < 1.29 is 9.53 Å². The lowest BCUT2D eigenvalue weighted by molar-refractivity contribution is -0.134. The summed E-state index contributed by atoms with van der Waals surface area (Å²) in [7, 11) is 1.36. The fourth-order valence-corrected chi connectivity index (χ4v) is 1.72. The number of nitrogens with zero attached hydrogens (tertiary/aromatic N) is 3. The van der Waals surface area contributed by atoms with E-state index < -0.39 is 0 Å². The summed E-state index contributed by atoms with van der Waals surface area (Å²) in [5.74, 6) is -0.363. The van der Waals surface area contributed by atoms with E-state index in [-0.39, 0.29) is 5.97 Å². The Kier molecular flexibility index (Phi) is 8.27. The highest BCUT2D eigenvalue weighted by molar-refractivity contribution is 5.86. The molecule has 0 aromatic heterocycles. The van der Waals surface area contributed by atoms with Gasteiger partial charge in [0.05, 0.1) is 20.2 Å². The monoisotopic (exact) mass is 301 g/mol. The average Bonchev–Trinajstić information content (AvgIpc) is 2.55. The van der Waals surface area contributed by atoms with Crippen molar-refractivity contribution in [2.75, 3.05) is 20.2 Å². The zero-order chi connectivity index (χ0) is 16.2. The van der Waals surface area contributed by atoms with Gasteiger partial charge in [0.15, 0.2) is 0 Å². The van der Waals surface area contributed by atoms with Gasteiger partial charge >= 0.3 is 5.97 Å². The molecule has 118 valence electrons. The summed E-state index contributed by atoms with van der Waals surface area (Å²) in [6.07, 6.45) is 7.05. The molecule has 0 atom stereocenters. The lowest BCUT2D eigenvalue weighted by Crippen LogP contribution is -2.15. The molecule has 0 N–H and O–H groups in total. The number of hydrogen-bond acceptors (Lipinski definition) is 4. The third-order valence-corrected chi connectivity index (χ3v) is 2.91. The largest absolute Gasteiger partial charge is 0.466 e. The van der Waals surface area contributed by atoms with Gasteiger partial charge in [-0.15, -0.1) is 0 Å². The first-order valence-corrected chi connectivity index (χ1v) is 7.28. The number of carbonyl (C=O) groups is 1. The second kappa shape index (κ2) is 10.3. The summed E-state index contributed by atoms with van der Waals surface area (Å²) in [4.78, 5) is 11.1. The van der Waals surface area contributed by atoms with Gasteiger partial charge in [0.1, 0.15) is 0 Å². The first-order chi connectivity index (χ1) is 10.7. The Balaban J connectivity index is 2.69. The van der Waals surface area contributed by atoms with Crippen molar-refractivity contribution in [3.8, 4) is 0 Å². The fourth-order valence-electron chi connectivity index (χ4n) is 1.72. The van der Waals surface area contributed by atoms with E-state index in [1.807, 2.05) is 55.3 Å². The Morgan fingerprint density at radius 1 is 1.41 bits per heavy atom. The molecule has 0 aliphatic rings. The Labute approximate surface area is 132 Å². The van der Waals surface area contributed by atoms with Crippen molar-refractivity contribution in [3.05, 3.63) is 53.6 Å². The van der Waals surface area contributed by atoms with Crippen molar-refractivity contribution in [1.82, 2.24) is 5.01 Å². The fraction of sp³-hybridized carbons (Fsp3) is 0.353. The SMILES string of the molecule is C/C=C/CN=NN(CC)Cc1cccc(/C=C/C(=O)OC)c1. The van der Waals surface area contributed by atoms with Crippen LogP contribution in [0.2, 0.25) is 0 Å². The summed E-state index contributed by atoms with van der Waals surface area (Å²) >= 11 is 0. The highest BCUT2D eigenvalue weighted by Crippen LogP contribution is 2.10. The van der Waals surface area contributed by atoms with Gasteiger partial charge in [-0.3, -0.25) is 5.01 Å². The third kappa shape index (κ3) is 6.83. The second-order valence-electron chi connectivity index (χ2n) is 4.56. The van der Waals surface area contributed by atoms with Crippen LogP contribution in [0.1, 0.15) is 25.0 Å². The molecule has 0 saturated heterocycles. The third-order valence-electron chi connectivity index (χ3n) is 2.91. The van der Waals surface area contributed by atoms with E-state index in [4.69, 9.17) is 0 Å². The number of esters is 1. The second-order valence-corrected chi connectivity index (χ2v) is 4.56. The number of ether oxygens (including phenoxy) is 1. The number of methoxy groups -OCH3 is 1. The van der Waals surface area contributed by atoms with Crippen molar-refractivity contribution in [3.63, 3.8) is 0 Å².